The number of carbonyl (C=O) groups excluding carboxylic acids is 1. The van der Waals surface area contributed by atoms with E-state index in [1.807, 2.05) is 20.8 Å². The van der Waals surface area contributed by atoms with Crippen LogP contribution in [0.5, 0.6) is 0 Å². The molecule has 1 aliphatic rings. The van der Waals surface area contributed by atoms with Crippen LogP contribution in [0.2, 0.25) is 0 Å². The van der Waals surface area contributed by atoms with E-state index in [-0.39, 0.29) is 18.7 Å². The largest absolute Gasteiger partial charge is 0.444 e. The van der Waals surface area contributed by atoms with E-state index in [1.54, 1.807) is 4.90 Å². The molecule has 1 atom stereocenters. The summed E-state index contributed by atoms with van der Waals surface area (Å²) in [6, 6.07) is 0.0414. The van der Waals surface area contributed by atoms with Crippen LogP contribution in [0.1, 0.15) is 51.7 Å². The first-order valence-corrected chi connectivity index (χ1v) is 7.40. The number of nitrogens with two attached hydrogens (primary N) is 1. The molecule has 0 radical (unpaired) electrons. The molecule has 7 nitrogen and oxygen atoms in total. The molecular weight excluding hydrogens is 272 g/mol. The number of nitrogens with zero attached hydrogens (tertiary/aromatic N) is 3. The summed E-state index contributed by atoms with van der Waals surface area (Å²) in [4.78, 5) is 18.3. The zero-order chi connectivity index (χ0) is 15.5. The number of aromatic nitrogens is 2. The lowest BCUT2D eigenvalue weighted by molar-refractivity contribution is 0.00916. The molecule has 0 saturated carbocycles. The SMILES string of the molecule is CC(C)(C)OC(=O)N1CCCC[C@@H]1Cc1nc(CN)no1. The number of piperidine rings is 1. The van der Waals surface area contributed by atoms with Crippen LogP contribution in [-0.2, 0) is 17.7 Å². The Morgan fingerprint density at radius 1 is 1.48 bits per heavy atom. The molecule has 1 aliphatic heterocycles. The maximum Gasteiger partial charge on any atom is 0.410 e. The Kier molecular flexibility index (Phi) is 4.82. The van der Waals surface area contributed by atoms with Gasteiger partial charge in [-0.25, -0.2) is 4.79 Å². The van der Waals surface area contributed by atoms with Gasteiger partial charge in [-0.1, -0.05) is 5.16 Å². The van der Waals surface area contributed by atoms with Gasteiger partial charge in [0.25, 0.3) is 0 Å². The Morgan fingerprint density at radius 2 is 2.24 bits per heavy atom. The van der Waals surface area contributed by atoms with E-state index < -0.39 is 5.60 Å². The van der Waals surface area contributed by atoms with Gasteiger partial charge in [-0.3, -0.25) is 0 Å². The Labute approximate surface area is 124 Å². The highest BCUT2D eigenvalue weighted by Crippen LogP contribution is 2.22. The standard InChI is InChI=1S/C14H24N4O3/c1-14(2,3)20-13(19)18-7-5-4-6-10(18)8-12-16-11(9-15)17-21-12/h10H,4-9,15H2,1-3H3/t10-/m1/s1. The molecule has 2 N–H and O–H groups in total. The van der Waals surface area contributed by atoms with Crippen LogP contribution < -0.4 is 5.73 Å². The summed E-state index contributed by atoms with van der Waals surface area (Å²) in [5.41, 5.74) is 4.98. The molecular formula is C14H24N4O3. The maximum atomic E-state index is 12.3. The molecule has 1 saturated heterocycles. The summed E-state index contributed by atoms with van der Waals surface area (Å²) in [5, 5.41) is 3.78. The molecule has 0 aliphatic carbocycles. The third-order valence-corrected chi connectivity index (χ3v) is 3.36. The third kappa shape index (κ3) is 4.42. The highest BCUT2D eigenvalue weighted by Gasteiger charge is 2.31. The number of carbonyl (C=O) groups is 1. The van der Waals surface area contributed by atoms with Gasteiger partial charge in [0, 0.05) is 19.0 Å². The molecule has 1 amide bonds. The van der Waals surface area contributed by atoms with E-state index in [1.165, 1.54) is 0 Å². The topological polar surface area (TPSA) is 94.5 Å². The number of ether oxygens (including phenoxy) is 1. The summed E-state index contributed by atoms with van der Waals surface area (Å²) < 4.78 is 10.6. The van der Waals surface area contributed by atoms with Crippen molar-refractivity contribution in [3.8, 4) is 0 Å². The fraction of sp³-hybridized carbons (Fsp3) is 0.786. The van der Waals surface area contributed by atoms with Crippen LogP contribution in [0.3, 0.4) is 0 Å². The van der Waals surface area contributed by atoms with Crippen LogP contribution in [0.15, 0.2) is 4.52 Å². The smallest absolute Gasteiger partial charge is 0.410 e. The zero-order valence-electron chi connectivity index (χ0n) is 13.0. The summed E-state index contributed by atoms with van der Waals surface area (Å²) >= 11 is 0. The van der Waals surface area contributed by atoms with Crippen molar-refractivity contribution in [2.45, 2.75) is 64.6 Å². The van der Waals surface area contributed by atoms with Crippen LogP contribution in [0.4, 0.5) is 4.79 Å². The second-order valence-electron chi connectivity index (χ2n) is 6.34. The van der Waals surface area contributed by atoms with Gasteiger partial charge in [0.1, 0.15) is 5.60 Å². The minimum Gasteiger partial charge on any atom is -0.444 e. The van der Waals surface area contributed by atoms with Gasteiger partial charge in [0.05, 0.1) is 6.54 Å². The molecule has 0 spiro atoms. The first-order chi connectivity index (χ1) is 9.89. The number of amides is 1. The molecule has 0 unspecified atom stereocenters. The fourth-order valence-electron chi connectivity index (χ4n) is 2.43. The Morgan fingerprint density at radius 3 is 2.86 bits per heavy atom. The van der Waals surface area contributed by atoms with Crippen molar-refractivity contribution >= 4 is 6.09 Å². The monoisotopic (exact) mass is 296 g/mol. The van der Waals surface area contributed by atoms with Crippen molar-refractivity contribution in [1.29, 1.82) is 0 Å². The van der Waals surface area contributed by atoms with Gasteiger partial charge in [0.15, 0.2) is 5.82 Å². The van der Waals surface area contributed by atoms with E-state index in [0.717, 1.165) is 19.3 Å². The predicted octanol–water partition coefficient (Wildman–Crippen LogP) is 1.86. The van der Waals surface area contributed by atoms with Gasteiger partial charge in [0.2, 0.25) is 5.89 Å². The van der Waals surface area contributed by atoms with Crippen molar-refractivity contribution < 1.29 is 14.1 Å². The Balaban J connectivity index is 2.02. The highest BCUT2D eigenvalue weighted by atomic mass is 16.6. The minimum absolute atomic E-state index is 0.0414. The summed E-state index contributed by atoms with van der Waals surface area (Å²) in [5.74, 6) is 1.01. The van der Waals surface area contributed by atoms with Crippen molar-refractivity contribution in [3.05, 3.63) is 11.7 Å². The normalized spacial score (nSPS) is 19.6. The van der Waals surface area contributed by atoms with Gasteiger partial charge in [-0.05, 0) is 40.0 Å². The molecule has 21 heavy (non-hydrogen) atoms. The second kappa shape index (κ2) is 6.43. The molecule has 1 fully saturated rings. The van der Waals surface area contributed by atoms with E-state index in [0.29, 0.717) is 24.7 Å². The minimum atomic E-state index is -0.490. The first-order valence-electron chi connectivity index (χ1n) is 7.40. The van der Waals surface area contributed by atoms with Gasteiger partial charge in [-0.2, -0.15) is 4.98 Å². The van der Waals surface area contributed by atoms with E-state index in [9.17, 15) is 4.79 Å². The molecule has 0 bridgehead atoms. The van der Waals surface area contributed by atoms with E-state index in [4.69, 9.17) is 15.0 Å². The average Bonchev–Trinajstić information content (AvgIpc) is 2.85. The quantitative estimate of drug-likeness (QED) is 0.914. The van der Waals surface area contributed by atoms with Gasteiger partial charge in [-0.15, -0.1) is 0 Å². The molecule has 1 aromatic heterocycles. The molecule has 1 aromatic rings. The van der Waals surface area contributed by atoms with Gasteiger partial charge >= 0.3 is 6.09 Å². The lowest BCUT2D eigenvalue weighted by atomic mass is 10.00. The lowest BCUT2D eigenvalue weighted by Gasteiger charge is -2.36. The number of hydrogen-bond acceptors (Lipinski definition) is 6. The fourth-order valence-corrected chi connectivity index (χ4v) is 2.43. The van der Waals surface area contributed by atoms with Gasteiger partial charge < -0.3 is 19.9 Å². The van der Waals surface area contributed by atoms with Crippen LogP contribution in [-0.4, -0.2) is 39.3 Å². The Bertz CT molecular complexity index is 481. The second-order valence-corrected chi connectivity index (χ2v) is 6.34. The van der Waals surface area contributed by atoms with Crippen LogP contribution in [0.25, 0.3) is 0 Å². The molecule has 118 valence electrons. The average molecular weight is 296 g/mol. The molecule has 2 rings (SSSR count). The number of hydrogen-bond donors (Lipinski definition) is 1. The molecule has 0 aromatic carbocycles. The summed E-state index contributed by atoms with van der Waals surface area (Å²) in [6.45, 7) is 6.57. The highest BCUT2D eigenvalue weighted by molar-refractivity contribution is 5.68. The molecule has 2 heterocycles. The maximum absolute atomic E-state index is 12.3. The number of likely N-dealkylation sites (tertiary alicyclic amines) is 1. The van der Waals surface area contributed by atoms with Crippen molar-refractivity contribution in [2.24, 2.45) is 5.73 Å². The summed E-state index contributed by atoms with van der Waals surface area (Å²) in [6.07, 6.45) is 3.27. The van der Waals surface area contributed by atoms with Crippen LogP contribution >= 0.6 is 0 Å². The summed E-state index contributed by atoms with van der Waals surface area (Å²) in [7, 11) is 0. The molecule has 7 heteroatoms. The number of rotatable bonds is 3. The van der Waals surface area contributed by atoms with Crippen molar-refractivity contribution in [3.63, 3.8) is 0 Å². The van der Waals surface area contributed by atoms with E-state index >= 15 is 0 Å². The third-order valence-electron chi connectivity index (χ3n) is 3.36. The van der Waals surface area contributed by atoms with Crippen molar-refractivity contribution in [1.82, 2.24) is 15.0 Å². The first kappa shape index (κ1) is 15.8. The van der Waals surface area contributed by atoms with Crippen LogP contribution in [0, 0.1) is 0 Å². The predicted molar refractivity (Wildman–Crippen MR) is 76.5 cm³/mol. The zero-order valence-corrected chi connectivity index (χ0v) is 13.0. The van der Waals surface area contributed by atoms with E-state index in [2.05, 4.69) is 10.1 Å². The Hall–Kier alpha value is -1.63. The van der Waals surface area contributed by atoms with Crippen molar-refractivity contribution in [2.75, 3.05) is 6.54 Å². The lowest BCUT2D eigenvalue weighted by Crippen LogP contribution is -2.47.